The largest absolute Gasteiger partial charge is 0.493 e. The Balaban J connectivity index is 1.48. The molecule has 3 rings (SSSR count). The first-order valence-electron chi connectivity index (χ1n) is 9.26. The number of nitrogens with zero attached hydrogens (tertiary/aromatic N) is 1. The molecule has 3 aromatic rings. The van der Waals surface area contributed by atoms with Crippen LogP contribution in [0.15, 0.2) is 66.9 Å². The average Bonchev–Trinajstić information content (AvgIpc) is 2.71. The minimum absolute atomic E-state index is 0.0210. The van der Waals surface area contributed by atoms with Crippen LogP contribution in [0.25, 0.3) is 0 Å². The predicted octanol–water partition coefficient (Wildman–Crippen LogP) is 5.15. The lowest BCUT2D eigenvalue weighted by Gasteiger charge is -2.10. The topological polar surface area (TPSA) is 60.5 Å². The zero-order chi connectivity index (χ0) is 19.8. The lowest BCUT2D eigenvalue weighted by Crippen LogP contribution is -2.11. The number of methoxy groups -OCH3 is 1. The van der Waals surface area contributed by atoms with Crippen LogP contribution in [0, 0.1) is 6.92 Å². The van der Waals surface area contributed by atoms with E-state index >= 15 is 0 Å². The third-order valence-corrected chi connectivity index (χ3v) is 4.29. The maximum absolute atomic E-state index is 12.1. The van der Waals surface area contributed by atoms with Crippen LogP contribution in [0.4, 0.5) is 5.69 Å². The minimum atomic E-state index is -0.0210. The number of anilines is 1. The van der Waals surface area contributed by atoms with Gasteiger partial charge in [-0.05, 0) is 43.5 Å². The highest BCUT2D eigenvalue weighted by atomic mass is 16.5. The van der Waals surface area contributed by atoms with Gasteiger partial charge in [0, 0.05) is 12.5 Å². The van der Waals surface area contributed by atoms with Gasteiger partial charge in [-0.15, -0.1) is 0 Å². The molecule has 1 amide bonds. The summed E-state index contributed by atoms with van der Waals surface area (Å²) in [5.74, 6) is 1.63. The Bertz CT molecular complexity index is 906. The van der Waals surface area contributed by atoms with Gasteiger partial charge in [0.1, 0.15) is 0 Å². The van der Waals surface area contributed by atoms with E-state index in [4.69, 9.17) is 9.47 Å². The number of carbonyl (C=O) groups excluding carboxylic acids is 1. The number of aromatic nitrogens is 1. The fourth-order valence-electron chi connectivity index (χ4n) is 2.76. The number of para-hydroxylation sites is 2. The number of amides is 1. The van der Waals surface area contributed by atoms with Crippen molar-refractivity contribution < 1.29 is 14.3 Å². The number of carbonyl (C=O) groups is 1. The third kappa shape index (κ3) is 5.58. The van der Waals surface area contributed by atoms with E-state index in [-0.39, 0.29) is 5.91 Å². The SMILES string of the molecule is COc1ccccc1Oc1ccc(NC(=O)CCCc2ccc(C)cc2)cn1. The van der Waals surface area contributed by atoms with Crippen LogP contribution < -0.4 is 14.8 Å². The van der Waals surface area contributed by atoms with Crippen molar-refractivity contribution in [2.24, 2.45) is 0 Å². The highest BCUT2D eigenvalue weighted by Gasteiger charge is 2.07. The summed E-state index contributed by atoms with van der Waals surface area (Å²) >= 11 is 0. The lowest BCUT2D eigenvalue weighted by molar-refractivity contribution is -0.116. The highest BCUT2D eigenvalue weighted by molar-refractivity contribution is 5.90. The Morgan fingerprint density at radius 1 is 1.00 bits per heavy atom. The van der Waals surface area contributed by atoms with Crippen molar-refractivity contribution in [1.82, 2.24) is 4.98 Å². The molecule has 1 heterocycles. The van der Waals surface area contributed by atoms with Gasteiger partial charge < -0.3 is 14.8 Å². The Morgan fingerprint density at radius 3 is 2.43 bits per heavy atom. The minimum Gasteiger partial charge on any atom is -0.493 e. The molecule has 0 aliphatic rings. The molecule has 0 bridgehead atoms. The second kappa shape index (κ2) is 9.55. The molecule has 28 heavy (non-hydrogen) atoms. The van der Waals surface area contributed by atoms with Crippen LogP contribution in [0.5, 0.6) is 17.4 Å². The molecule has 5 nitrogen and oxygen atoms in total. The van der Waals surface area contributed by atoms with Crippen LogP contribution in [0.1, 0.15) is 24.0 Å². The first kappa shape index (κ1) is 19.4. The van der Waals surface area contributed by atoms with E-state index in [0.717, 1.165) is 12.8 Å². The second-order valence-electron chi connectivity index (χ2n) is 6.53. The number of hydrogen-bond acceptors (Lipinski definition) is 4. The van der Waals surface area contributed by atoms with Gasteiger partial charge in [0.2, 0.25) is 11.8 Å². The summed E-state index contributed by atoms with van der Waals surface area (Å²) in [7, 11) is 1.59. The summed E-state index contributed by atoms with van der Waals surface area (Å²) in [6.07, 6.45) is 3.74. The molecule has 144 valence electrons. The van der Waals surface area contributed by atoms with E-state index in [1.54, 1.807) is 25.4 Å². The molecular weight excluding hydrogens is 352 g/mol. The maximum atomic E-state index is 12.1. The summed E-state index contributed by atoms with van der Waals surface area (Å²) in [5.41, 5.74) is 3.14. The van der Waals surface area contributed by atoms with Crippen molar-refractivity contribution >= 4 is 11.6 Å². The Kier molecular flexibility index (Phi) is 6.63. The molecule has 0 spiro atoms. The molecule has 2 aromatic carbocycles. The van der Waals surface area contributed by atoms with Gasteiger partial charge in [0.15, 0.2) is 11.5 Å². The molecule has 1 N–H and O–H groups in total. The Labute approximate surface area is 165 Å². The molecule has 0 unspecified atom stereocenters. The Morgan fingerprint density at radius 2 is 1.75 bits per heavy atom. The summed E-state index contributed by atoms with van der Waals surface area (Å²) in [4.78, 5) is 16.4. The monoisotopic (exact) mass is 376 g/mol. The lowest BCUT2D eigenvalue weighted by atomic mass is 10.1. The van der Waals surface area contributed by atoms with E-state index in [1.165, 1.54) is 11.1 Å². The molecule has 0 saturated carbocycles. The fraction of sp³-hybridized carbons (Fsp3) is 0.217. The third-order valence-electron chi connectivity index (χ3n) is 4.29. The number of nitrogens with one attached hydrogen (secondary N) is 1. The van der Waals surface area contributed by atoms with Crippen molar-refractivity contribution in [2.75, 3.05) is 12.4 Å². The molecule has 0 atom stereocenters. The van der Waals surface area contributed by atoms with Crippen LogP contribution >= 0.6 is 0 Å². The molecule has 1 aromatic heterocycles. The molecule has 0 aliphatic carbocycles. The first-order valence-corrected chi connectivity index (χ1v) is 9.26. The van der Waals surface area contributed by atoms with Gasteiger partial charge in [-0.3, -0.25) is 4.79 Å². The van der Waals surface area contributed by atoms with Gasteiger partial charge in [-0.1, -0.05) is 42.0 Å². The number of ether oxygens (including phenoxy) is 2. The van der Waals surface area contributed by atoms with Crippen molar-refractivity contribution in [3.63, 3.8) is 0 Å². The van der Waals surface area contributed by atoms with E-state index in [9.17, 15) is 4.79 Å². The van der Waals surface area contributed by atoms with Gasteiger partial charge in [-0.2, -0.15) is 0 Å². The molecule has 0 fully saturated rings. The molecular formula is C23H24N2O3. The number of pyridine rings is 1. The van der Waals surface area contributed by atoms with Crippen molar-refractivity contribution in [3.05, 3.63) is 78.0 Å². The zero-order valence-electron chi connectivity index (χ0n) is 16.1. The summed E-state index contributed by atoms with van der Waals surface area (Å²) < 4.78 is 11.0. The van der Waals surface area contributed by atoms with Gasteiger partial charge in [0.05, 0.1) is 19.0 Å². The van der Waals surface area contributed by atoms with E-state index in [2.05, 4.69) is 41.5 Å². The quantitative estimate of drug-likeness (QED) is 0.590. The highest BCUT2D eigenvalue weighted by Crippen LogP contribution is 2.30. The van der Waals surface area contributed by atoms with Crippen LogP contribution in [0.2, 0.25) is 0 Å². The summed E-state index contributed by atoms with van der Waals surface area (Å²) in [5, 5.41) is 2.87. The van der Waals surface area contributed by atoms with E-state index in [1.807, 2.05) is 24.3 Å². The molecule has 0 aliphatic heterocycles. The second-order valence-corrected chi connectivity index (χ2v) is 6.53. The van der Waals surface area contributed by atoms with Crippen molar-refractivity contribution in [1.29, 1.82) is 0 Å². The summed E-state index contributed by atoms with van der Waals surface area (Å²) in [6.45, 7) is 2.07. The molecule has 0 saturated heterocycles. The number of rotatable bonds is 8. The van der Waals surface area contributed by atoms with Gasteiger partial charge in [0.25, 0.3) is 0 Å². The normalized spacial score (nSPS) is 10.4. The van der Waals surface area contributed by atoms with Crippen molar-refractivity contribution in [2.45, 2.75) is 26.2 Å². The van der Waals surface area contributed by atoms with Crippen molar-refractivity contribution in [3.8, 4) is 17.4 Å². The van der Waals surface area contributed by atoms with Crippen LogP contribution in [0.3, 0.4) is 0 Å². The number of benzene rings is 2. The molecule has 0 radical (unpaired) electrons. The number of aryl methyl sites for hydroxylation is 2. The maximum Gasteiger partial charge on any atom is 0.224 e. The van der Waals surface area contributed by atoms with Gasteiger partial charge >= 0.3 is 0 Å². The summed E-state index contributed by atoms with van der Waals surface area (Å²) in [6, 6.07) is 19.3. The first-order chi connectivity index (χ1) is 13.6. The van der Waals surface area contributed by atoms with Gasteiger partial charge in [-0.25, -0.2) is 4.98 Å². The fourth-order valence-corrected chi connectivity index (χ4v) is 2.76. The number of hydrogen-bond donors (Lipinski definition) is 1. The van der Waals surface area contributed by atoms with Crippen LogP contribution in [-0.2, 0) is 11.2 Å². The predicted molar refractivity (Wildman–Crippen MR) is 110 cm³/mol. The van der Waals surface area contributed by atoms with E-state index < -0.39 is 0 Å². The van der Waals surface area contributed by atoms with Crippen LogP contribution in [-0.4, -0.2) is 18.0 Å². The molecule has 5 heteroatoms. The smallest absolute Gasteiger partial charge is 0.224 e. The standard InChI is InChI=1S/C23H24N2O3/c1-17-10-12-18(13-11-17)6-5-9-22(26)25-19-14-15-23(24-16-19)28-21-8-4-3-7-20(21)27-2/h3-4,7-8,10-16H,5-6,9H2,1-2H3,(H,25,26). The van der Waals surface area contributed by atoms with E-state index in [0.29, 0.717) is 29.5 Å². The average molecular weight is 376 g/mol. The Hall–Kier alpha value is -3.34. The zero-order valence-corrected chi connectivity index (χ0v) is 16.1.